The highest BCUT2D eigenvalue weighted by Gasteiger charge is 2.12. The van der Waals surface area contributed by atoms with Crippen molar-refractivity contribution in [1.82, 2.24) is 10.3 Å². The number of nitrogens with one attached hydrogen (secondary N) is 2. The second-order valence-electron chi connectivity index (χ2n) is 5.37. The highest BCUT2D eigenvalue weighted by molar-refractivity contribution is 5.95. The number of nitrogen functional groups attached to an aromatic ring is 1. The molecule has 5 heteroatoms. The van der Waals surface area contributed by atoms with Crippen molar-refractivity contribution in [1.29, 1.82) is 0 Å². The molecule has 1 aromatic rings. The summed E-state index contributed by atoms with van der Waals surface area (Å²) in [5.74, 6) is 6.39. The number of aryl methyl sites for hydroxylation is 1. The third kappa shape index (κ3) is 5.26. The molecule has 0 aliphatic carbocycles. The first-order valence-corrected chi connectivity index (χ1v) is 6.68. The predicted molar refractivity (Wildman–Crippen MR) is 77.8 cm³/mol. The van der Waals surface area contributed by atoms with E-state index in [-0.39, 0.29) is 11.9 Å². The van der Waals surface area contributed by atoms with Crippen LogP contribution < -0.4 is 16.6 Å². The minimum Gasteiger partial charge on any atom is -0.350 e. The monoisotopic (exact) mass is 264 g/mol. The first-order valence-electron chi connectivity index (χ1n) is 6.68. The number of hydrazine groups is 1. The molecule has 1 aromatic heterocycles. The molecular weight excluding hydrogens is 240 g/mol. The number of pyridine rings is 1. The molecule has 5 nitrogen and oxygen atoms in total. The first-order chi connectivity index (χ1) is 8.92. The van der Waals surface area contributed by atoms with E-state index in [4.69, 9.17) is 5.84 Å². The lowest BCUT2D eigenvalue weighted by Gasteiger charge is -2.15. The number of rotatable bonds is 6. The number of carbonyl (C=O) groups excluding carboxylic acids is 1. The molecule has 0 saturated carbocycles. The minimum atomic E-state index is -0.0849. The Morgan fingerprint density at radius 1 is 1.32 bits per heavy atom. The molecule has 1 heterocycles. The SMILES string of the molecule is Cc1cc(C(=O)NC(C)CCC(C)C)cc(NN)n1. The molecule has 0 bridgehead atoms. The van der Waals surface area contributed by atoms with Gasteiger partial charge in [-0.2, -0.15) is 0 Å². The van der Waals surface area contributed by atoms with Gasteiger partial charge in [-0.05, 0) is 44.7 Å². The second-order valence-corrected chi connectivity index (χ2v) is 5.37. The van der Waals surface area contributed by atoms with Gasteiger partial charge in [0.2, 0.25) is 0 Å². The lowest BCUT2D eigenvalue weighted by atomic mass is 10.0. The Morgan fingerprint density at radius 3 is 2.58 bits per heavy atom. The molecule has 19 heavy (non-hydrogen) atoms. The Labute approximate surface area is 115 Å². The van der Waals surface area contributed by atoms with Crippen LogP contribution in [0.15, 0.2) is 12.1 Å². The summed E-state index contributed by atoms with van der Waals surface area (Å²) in [5, 5.41) is 2.99. The third-order valence-corrected chi connectivity index (χ3v) is 2.92. The Morgan fingerprint density at radius 2 is 2.00 bits per heavy atom. The van der Waals surface area contributed by atoms with Gasteiger partial charge < -0.3 is 10.7 Å². The van der Waals surface area contributed by atoms with E-state index < -0.39 is 0 Å². The third-order valence-electron chi connectivity index (χ3n) is 2.92. The van der Waals surface area contributed by atoms with E-state index in [2.05, 4.69) is 29.6 Å². The van der Waals surface area contributed by atoms with Crippen molar-refractivity contribution < 1.29 is 4.79 Å². The molecule has 0 fully saturated rings. The fourth-order valence-electron chi connectivity index (χ4n) is 1.84. The summed E-state index contributed by atoms with van der Waals surface area (Å²) in [6.07, 6.45) is 2.09. The lowest BCUT2D eigenvalue weighted by Crippen LogP contribution is -2.33. The van der Waals surface area contributed by atoms with E-state index in [1.165, 1.54) is 0 Å². The standard InChI is InChI=1S/C14H24N4O/c1-9(2)5-6-10(3)17-14(19)12-7-11(4)16-13(8-12)18-15/h7-10H,5-6,15H2,1-4H3,(H,16,18)(H,17,19). The van der Waals surface area contributed by atoms with E-state index in [1.807, 2.05) is 13.8 Å². The van der Waals surface area contributed by atoms with Gasteiger partial charge in [0.15, 0.2) is 0 Å². The number of amides is 1. The first kappa shape index (κ1) is 15.4. The number of carbonyl (C=O) groups is 1. The van der Waals surface area contributed by atoms with Gasteiger partial charge in [-0.1, -0.05) is 13.8 Å². The van der Waals surface area contributed by atoms with Crippen molar-refractivity contribution >= 4 is 11.7 Å². The van der Waals surface area contributed by atoms with Crippen LogP contribution in [0.4, 0.5) is 5.82 Å². The molecule has 0 spiro atoms. The molecule has 0 aliphatic rings. The second kappa shape index (κ2) is 7.09. The highest BCUT2D eigenvalue weighted by Crippen LogP contribution is 2.11. The number of anilines is 1. The van der Waals surface area contributed by atoms with Crippen molar-refractivity contribution in [2.24, 2.45) is 11.8 Å². The van der Waals surface area contributed by atoms with Crippen LogP contribution in [0.5, 0.6) is 0 Å². The zero-order chi connectivity index (χ0) is 14.4. The van der Waals surface area contributed by atoms with Crippen molar-refractivity contribution in [2.45, 2.75) is 46.6 Å². The Hall–Kier alpha value is -1.62. The molecule has 0 radical (unpaired) electrons. The number of aromatic nitrogens is 1. The Bertz CT molecular complexity index is 431. The summed E-state index contributed by atoms with van der Waals surface area (Å²) in [6, 6.07) is 3.57. The number of hydrogen-bond donors (Lipinski definition) is 3. The largest absolute Gasteiger partial charge is 0.350 e. The molecule has 4 N–H and O–H groups in total. The fraction of sp³-hybridized carbons (Fsp3) is 0.571. The van der Waals surface area contributed by atoms with Gasteiger partial charge in [-0.15, -0.1) is 0 Å². The molecule has 0 saturated heterocycles. The summed E-state index contributed by atoms with van der Waals surface area (Å²) in [6.45, 7) is 8.22. The van der Waals surface area contributed by atoms with Crippen LogP contribution in [-0.2, 0) is 0 Å². The maximum Gasteiger partial charge on any atom is 0.251 e. The number of nitrogens with zero attached hydrogens (tertiary/aromatic N) is 1. The van der Waals surface area contributed by atoms with Crippen LogP contribution in [0, 0.1) is 12.8 Å². The van der Waals surface area contributed by atoms with Gasteiger partial charge >= 0.3 is 0 Å². The van der Waals surface area contributed by atoms with E-state index in [0.29, 0.717) is 17.3 Å². The Balaban J connectivity index is 2.64. The zero-order valence-corrected chi connectivity index (χ0v) is 12.2. The molecule has 1 rings (SSSR count). The van der Waals surface area contributed by atoms with Crippen LogP contribution in [-0.4, -0.2) is 16.9 Å². The van der Waals surface area contributed by atoms with Gasteiger partial charge in [0.1, 0.15) is 5.82 Å². The zero-order valence-electron chi connectivity index (χ0n) is 12.2. The Kier molecular flexibility index (Phi) is 5.76. The summed E-state index contributed by atoms with van der Waals surface area (Å²) in [5.41, 5.74) is 3.81. The summed E-state index contributed by atoms with van der Waals surface area (Å²) < 4.78 is 0. The molecular formula is C14H24N4O. The van der Waals surface area contributed by atoms with Crippen LogP contribution in [0.2, 0.25) is 0 Å². The smallest absolute Gasteiger partial charge is 0.251 e. The molecule has 1 atom stereocenters. The van der Waals surface area contributed by atoms with E-state index >= 15 is 0 Å². The molecule has 1 unspecified atom stereocenters. The van der Waals surface area contributed by atoms with Gasteiger partial charge in [0.25, 0.3) is 5.91 Å². The molecule has 0 aromatic carbocycles. The van der Waals surface area contributed by atoms with Gasteiger partial charge in [-0.25, -0.2) is 10.8 Å². The average molecular weight is 264 g/mol. The predicted octanol–water partition coefficient (Wildman–Crippen LogP) is 2.23. The highest BCUT2D eigenvalue weighted by atomic mass is 16.1. The molecule has 106 valence electrons. The van der Waals surface area contributed by atoms with Gasteiger partial charge in [-0.3, -0.25) is 4.79 Å². The van der Waals surface area contributed by atoms with Crippen LogP contribution in [0.25, 0.3) is 0 Å². The maximum absolute atomic E-state index is 12.1. The van der Waals surface area contributed by atoms with Crippen molar-refractivity contribution in [3.63, 3.8) is 0 Å². The van der Waals surface area contributed by atoms with Gasteiger partial charge in [0, 0.05) is 17.3 Å². The van der Waals surface area contributed by atoms with Crippen molar-refractivity contribution in [3.05, 3.63) is 23.4 Å². The van der Waals surface area contributed by atoms with Crippen molar-refractivity contribution in [2.75, 3.05) is 5.43 Å². The van der Waals surface area contributed by atoms with Crippen LogP contribution in [0.1, 0.15) is 49.7 Å². The topological polar surface area (TPSA) is 80.0 Å². The van der Waals surface area contributed by atoms with E-state index in [0.717, 1.165) is 18.5 Å². The van der Waals surface area contributed by atoms with Crippen LogP contribution >= 0.6 is 0 Å². The quantitative estimate of drug-likeness (QED) is 0.543. The van der Waals surface area contributed by atoms with Crippen molar-refractivity contribution in [3.8, 4) is 0 Å². The maximum atomic E-state index is 12.1. The lowest BCUT2D eigenvalue weighted by molar-refractivity contribution is 0.0937. The number of hydrogen-bond acceptors (Lipinski definition) is 4. The summed E-state index contributed by atoms with van der Waals surface area (Å²) in [4.78, 5) is 16.3. The summed E-state index contributed by atoms with van der Waals surface area (Å²) in [7, 11) is 0. The number of nitrogens with two attached hydrogens (primary N) is 1. The van der Waals surface area contributed by atoms with E-state index in [9.17, 15) is 4.79 Å². The van der Waals surface area contributed by atoms with Crippen LogP contribution in [0.3, 0.4) is 0 Å². The summed E-state index contributed by atoms with van der Waals surface area (Å²) >= 11 is 0. The fourth-order valence-corrected chi connectivity index (χ4v) is 1.84. The minimum absolute atomic E-state index is 0.0849. The molecule has 0 aliphatic heterocycles. The van der Waals surface area contributed by atoms with E-state index in [1.54, 1.807) is 12.1 Å². The normalized spacial score (nSPS) is 12.3. The van der Waals surface area contributed by atoms with Gasteiger partial charge in [0.05, 0.1) is 0 Å². The average Bonchev–Trinajstić information content (AvgIpc) is 2.35. The molecule has 1 amide bonds.